The molecule has 1 heterocycles. The van der Waals surface area contributed by atoms with Crippen molar-refractivity contribution in [3.63, 3.8) is 0 Å². The molecule has 2 aromatic rings. The SMILES string of the molecule is O=C(CCCI)c1nc2ccccc2s1. The maximum Gasteiger partial charge on any atom is 0.191 e. The zero-order valence-corrected chi connectivity index (χ0v) is 11.0. The first-order valence-corrected chi connectivity index (χ1v) is 7.10. The van der Waals surface area contributed by atoms with Gasteiger partial charge in [-0.2, -0.15) is 0 Å². The fraction of sp³-hybridized carbons (Fsp3) is 0.273. The molecule has 78 valence electrons. The van der Waals surface area contributed by atoms with Crippen LogP contribution in [0.4, 0.5) is 0 Å². The van der Waals surface area contributed by atoms with E-state index < -0.39 is 0 Å². The summed E-state index contributed by atoms with van der Waals surface area (Å²) in [6.07, 6.45) is 1.55. The first-order valence-electron chi connectivity index (χ1n) is 4.76. The summed E-state index contributed by atoms with van der Waals surface area (Å²) in [6.45, 7) is 0. The van der Waals surface area contributed by atoms with Crippen molar-refractivity contribution in [1.82, 2.24) is 4.98 Å². The Morgan fingerprint density at radius 3 is 2.93 bits per heavy atom. The van der Waals surface area contributed by atoms with E-state index in [0.717, 1.165) is 21.1 Å². The lowest BCUT2D eigenvalue weighted by Crippen LogP contribution is -1.97. The summed E-state index contributed by atoms with van der Waals surface area (Å²) >= 11 is 3.78. The van der Waals surface area contributed by atoms with E-state index >= 15 is 0 Å². The Kier molecular flexibility index (Phi) is 3.69. The Morgan fingerprint density at radius 1 is 1.40 bits per heavy atom. The van der Waals surface area contributed by atoms with Gasteiger partial charge in [0.1, 0.15) is 0 Å². The van der Waals surface area contributed by atoms with Gasteiger partial charge in [0.2, 0.25) is 0 Å². The quantitative estimate of drug-likeness (QED) is 0.486. The van der Waals surface area contributed by atoms with Crippen molar-refractivity contribution >= 4 is 49.9 Å². The Labute approximate surface area is 106 Å². The Bertz CT molecular complexity index is 447. The fourth-order valence-corrected chi connectivity index (χ4v) is 2.64. The summed E-state index contributed by atoms with van der Waals surface area (Å²) < 4.78 is 2.12. The molecule has 0 saturated carbocycles. The molecule has 0 aliphatic heterocycles. The maximum absolute atomic E-state index is 11.7. The molecular formula is C11H10INOS. The molecule has 1 aromatic carbocycles. The molecule has 0 fully saturated rings. The monoisotopic (exact) mass is 331 g/mol. The molecule has 2 nitrogen and oxygen atoms in total. The highest BCUT2D eigenvalue weighted by Crippen LogP contribution is 2.22. The Morgan fingerprint density at radius 2 is 2.20 bits per heavy atom. The molecule has 0 atom stereocenters. The second-order valence-electron chi connectivity index (χ2n) is 3.20. The smallest absolute Gasteiger partial charge is 0.191 e. The van der Waals surface area contributed by atoms with Gasteiger partial charge in [0.15, 0.2) is 10.8 Å². The first kappa shape index (κ1) is 11.0. The van der Waals surface area contributed by atoms with Crippen molar-refractivity contribution in [2.45, 2.75) is 12.8 Å². The molecule has 1 aromatic heterocycles. The number of nitrogens with zero attached hydrogens (tertiary/aromatic N) is 1. The molecule has 4 heteroatoms. The van der Waals surface area contributed by atoms with Crippen molar-refractivity contribution in [2.75, 3.05) is 4.43 Å². The van der Waals surface area contributed by atoms with E-state index in [1.165, 1.54) is 11.3 Å². The van der Waals surface area contributed by atoms with E-state index in [-0.39, 0.29) is 5.78 Å². The highest BCUT2D eigenvalue weighted by molar-refractivity contribution is 14.1. The fourth-order valence-electron chi connectivity index (χ4n) is 1.33. The minimum Gasteiger partial charge on any atom is -0.292 e. The van der Waals surface area contributed by atoms with Crippen molar-refractivity contribution < 1.29 is 4.79 Å². The van der Waals surface area contributed by atoms with Gasteiger partial charge in [0, 0.05) is 6.42 Å². The summed E-state index contributed by atoms with van der Waals surface area (Å²) in [7, 11) is 0. The average molecular weight is 331 g/mol. The van der Waals surface area contributed by atoms with Crippen LogP contribution in [-0.4, -0.2) is 15.2 Å². The molecule has 0 bridgehead atoms. The number of hydrogen-bond donors (Lipinski definition) is 0. The molecule has 0 spiro atoms. The maximum atomic E-state index is 11.7. The van der Waals surface area contributed by atoms with E-state index in [9.17, 15) is 4.79 Å². The molecule has 2 rings (SSSR count). The lowest BCUT2D eigenvalue weighted by atomic mass is 10.2. The van der Waals surface area contributed by atoms with Gasteiger partial charge in [0.25, 0.3) is 0 Å². The summed E-state index contributed by atoms with van der Waals surface area (Å²) in [5.74, 6) is 0.174. The van der Waals surface area contributed by atoms with E-state index in [1.807, 2.05) is 24.3 Å². The number of alkyl halides is 1. The Hall–Kier alpha value is -0.490. The van der Waals surface area contributed by atoms with E-state index in [1.54, 1.807) is 0 Å². The lowest BCUT2D eigenvalue weighted by Gasteiger charge is -1.92. The predicted molar refractivity (Wildman–Crippen MR) is 72.1 cm³/mol. The highest BCUT2D eigenvalue weighted by Gasteiger charge is 2.10. The zero-order valence-electron chi connectivity index (χ0n) is 8.07. The third-order valence-corrected chi connectivity index (χ3v) is 3.91. The normalized spacial score (nSPS) is 10.7. The van der Waals surface area contributed by atoms with Gasteiger partial charge in [-0.25, -0.2) is 4.98 Å². The molecule has 0 N–H and O–H groups in total. The van der Waals surface area contributed by atoms with Gasteiger partial charge in [-0.1, -0.05) is 34.7 Å². The molecule has 0 saturated heterocycles. The molecule has 0 aliphatic rings. The first-order chi connectivity index (χ1) is 7.31. The number of rotatable bonds is 4. The van der Waals surface area contributed by atoms with Crippen molar-refractivity contribution in [3.05, 3.63) is 29.3 Å². The zero-order chi connectivity index (χ0) is 10.7. The third kappa shape index (κ3) is 2.55. The van der Waals surface area contributed by atoms with E-state index in [4.69, 9.17) is 0 Å². The van der Waals surface area contributed by atoms with Gasteiger partial charge in [-0.3, -0.25) is 4.79 Å². The number of para-hydroxylation sites is 1. The number of hydrogen-bond acceptors (Lipinski definition) is 3. The number of Topliss-reactive ketones (excluding diaryl/α,β-unsaturated/α-hetero) is 1. The van der Waals surface area contributed by atoms with Crippen LogP contribution in [0, 0.1) is 0 Å². The number of carbonyl (C=O) groups excluding carboxylic acids is 1. The standard InChI is InChI=1S/C11H10INOS/c12-7-3-5-9(14)11-13-8-4-1-2-6-10(8)15-11/h1-2,4,6H,3,5,7H2. The van der Waals surface area contributed by atoms with Crippen LogP contribution >= 0.6 is 33.9 Å². The molecule has 0 aliphatic carbocycles. The number of thiazole rings is 1. The number of halogens is 1. The molecule has 0 amide bonds. The predicted octanol–water partition coefficient (Wildman–Crippen LogP) is 3.69. The van der Waals surface area contributed by atoms with Gasteiger partial charge in [-0.05, 0) is 23.0 Å². The number of fused-ring (bicyclic) bond motifs is 1. The molecular weight excluding hydrogens is 321 g/mol. The number of benzene rings is 1. The van der Waals surface area contributed by atoms with Gasteiger partial charge in [0.05, 0.1) is 10.2 Å². The van der Waals surface area contributed by atoms with Crippen LogP contribution in [0.5, 0.6) is 0 Å². The third-order valence-electron chi connectivity index (χ3n) is 2.07. The van der Waals surface area contributed by atoms with Crippen LogP contribution in [0.3, 0.4) is 0 Å². The minimum absolute atomic E-state index is 0.174. The van der Waals surface area contributed by atoms with Crippen molar-refractivity contribution in [1.29, 1.82) is 0 Å². The molecule has 0 radical (unpaired) electrons. The number of aromatic nitrogens is 1. The van der Waals surface area contributed by atoms with Crippen LogP contribution < -0.4 is 0 Å². The van der Waals surface area contributed by atoms with Crippen LogP contribution in [0.25, 0.3) is 10.2 Å². The Balaban J connectivity index is 2.25. The highest BCUT2D eigenvalue weighted by atomic mass is 127. The van der Waals surface area contributed by atoms with Crippen LogP contribution in [0.1, 0.15) is 22.6 Å². The molecule has 0 unspecified atom stereocenters. The van der Waals surface area contributed by atoms with Crippen molar-refractivity contribution in [2.24, 2.45) is 0 Å². The van der Waals surface area contributed by atoms with E-state index in [2.05, 4.69) is 27.6 Å². The van der Waals surface area contributed by atoms with Crippen LogP contribution in [-0.2, 0) is 0 Å². The van der Waals surface area contributed by atoms with Gasteiger partial charge < -0.3 is 0 Å². The van der Waals surface area contributed by atoms with Gasteiger partial charge >= 0.3 is 0 Å². The second-order valence-corrected chi connectivity index (χ2v) is 5.31. The summed E-state index contributed by atoms with van der Waals surface area (Å²) in [5.41, 5.74) is 0.931. The number of carbonyl (C=O) groups is 1. The van der Waals surface area contributed by atoms with Crippen LogP contribution in [0.15, 0.2) is 24.3 Å². The van der Waals surface area contributed by atoms with Crippen LogP contribution in [0.2, 0.25) is 0 Å². The minimum atomic E-state index is 0.174. The van der Waals surface area contributed by atoms with Crippen molar-refractivity contribution in [3.8, 4) is 0 Å². The largest absolute Gasteiger partial charge is 0.292 e. The summed E-state index contributed by atoms with van der Waals surface area (Å²) in [6, 6.07) is 7.86. The molecule has 15 heavy (non-hydrogen) atoms. The summed E-state index contributed by atoms with van der Waals surface area (Å²) in [5, 5.41) is 0.654. The lowest BCUT2D eigenvalue weighted by molar-refractivity contribution is 0.0982. The average Bonchev–Trinajstić information content (AvgIpc) is 2.69. The summed E-state index contributed by atoms with van der Waals surface area (Å²) in [4.78, 5) is 16.0. The second kappa shape index (κ2) is 5.03. The van der Waals surface area contributed by atoms with E-state index in [0.29, 0.717) is 11.4 Å². The topological polar surface area (TPSA) is 30.0 Å². The number of ketones is 1. The van der Waals surface area contributed by atoms with Gasteiger partial charge in [-0.15, -0.1) is 11.3 Å².